The van der Waals surface area contributed by atoms with E-state index in [1.165, 1.54) is 70.2 Å². The molecule has 0 amide bonds. The molecule has 9 aromatic carbocycles. The molecule has 0 saturated carbocycles. The molecule has 48 heavy (non-hydrogen) atoms. The molecule has 228 valence electrons. The van der Waals surface area contributed by atoms with Crippen molar-refractivity contribution in [3.8, 4) is 0 Å². The van der Waals surface area contributed by atoms with Crippen LogP contribution in [0.1, 0.15) is 22.7 Å². The molecular formula is C46H34N2. The number of benzene rings is 9. The highest BCUT2D eigenvalue weighted by atomic mass is 14.9. The van der Waals surface area contributed by atoms with Crippen LogP contribution in [-0.2, 0) is 6.54 Å². The minimum absolute atomic E-state index is 0.272. The van der Waals surface area contributed by atoms with Crippen molar-refractivity contribution in [3.63, 3.8) is 0 Å². The van der Waals surface area contributed by atoms with Gasteiger partial charge in [-0.1, -0.05) is 152 Å². The third-order valence-corrected chi connectivity index (χ3v) is 9.92. The Kier molecular flexibility index (Phi) is 6.88. The van der Waals surface area contributed by atoms with Gasteiger partial charge in [-0.05, 0) is 99.5 Å². The van der Waals surface area contributed by atoms with Crippen molar-refractivity contribution in [1.29, 1.82) is 0 Å². The van der Waals surface area contributed by atoms with Crippen LogP contribution in [0.25, 0.3) is 70.3 Å². The highest BCUT2D eigenvalue weighted by Gasteiger charge is 2.15. The Morgan fingerprint density at radius 2 is 0.979 bits per heavy atom. The lowest BCUT2D eigenvalue weighted by atomic mass is 9.92. The zero-order valence-corrected chi connectivity index (χ0v) is 26.5. The molecule has 0 spiro atoms. The normalized spacial score (nSPS) is 12.8. The average Bonchev–Trinajstić information content (AvgIpc) is 3.16. The van der Waals surface area contributed by atoms with E-state index in [9.17, 15) is 0 Å². The van der Waals surface area contributed by atoms with E-state index in [-0.39, 0.29) is 6.04 Å². The molecule has 9 aromatic rings. The maximum atomic E-state index is 6.91. The summed E-state index contributed by atoms with van der Waals surface area (Å²) in [6.07, 6.45) is 2.18. The molecule has 0 aromatic heterocycles. The van der Waals surface area contributed by atoms with Gasteiger partial charge < -0.3 is 11.1 Å². The lowest BCUT2D eigenvalue weighted by Crippen LogP contribution is -2.16. The van der Waals surface area contributed by atoms with Crippen LogP contribution < -0.4 is 11.1 Å². The fourth-order valence-electron chi connectivity index (χ4n) is 7.57. The highest BCUT2D eigenvalue weighted by molar-refractivity contribution is 6.25. The van der Waals surface area contributed by atoms with E-state index in [2.05, 4.69) is 169 Å². The van der Waals surface area contributed by atoms with Crippen molar-refractivity contribution in [1.82, 2.24) is 5.32 Å². The van der Waals surface area contributed by atoms with Crippen molar-refractivity contribution < 1.29 is 0 Å². The maximum absolute atomic E-state index is 6.91. The molecule has 0 heterocycles. The van der Waals surface area contributed by atoms with Crippen LogP contribution in [0.2, 0.25) is 0 Å². The van der Waals surface area contributed by atoms with E-state index >= 15 is 0 Å². The van der Waals surface area contributed by atoms with Crippen LogP contribution in [0, 0.1) is 0 Å². The van der Waals surface area contributed by atoms with Crippen LogP contribution in [0.15, 0.2) is 170 Å². The second-order valence-corrected chi connectivity index (χ2v) is 12.7. The van der Waals surface area contributed by atoms with E-state index in [0.29, 0.717) is 6.54 Å². The van der Waals surface area contributed by atoms with Crippen LogP contribution in [-0.4, -0.2) is 0 Å². The van der Waals surface area contributed by atoms with Crippen LogP contribution >= 0.6 is 0 Å². The Morgan fingerprint density at radius 1 is 0.458 bits per heavy atom. The smallest absolute Gasteiger partial charge is 0.0504 e. The standard InChI is InChI=1S/C46H34N2/c47-45(31-13-2-1-3-14-31)28-46(33-23-25-40-38-20-9-8-18-36(38)37-19-10-11-21-39(37)43(40)27-33)48-29-44-35-17-7-5-15-32(35)26-42-34-16-6-4-12-30(34)22-24-41(42)44/h1-28,45,48H,29,47H2/b46-28-. The topological polar surface area (TPSA) is 38.0 Å². The minimum Gasteiger partial charge on any atom is -0.381 e. The molecule has 0 aliphatic rings. The summed E-state index contributed by atoms with van der Waals surface area (Å²) in [5, 5.41) is 19.1. The molecule has 9 rings (SSSR count). The summed E-state index contributed by atoms with van der Waals surface area (Å²) < 4.78 is 0. The van der Waals surface area contributed by atoms with Crippen molar-refractivity contribution in [2.45, 2.75) is 12.6 Å². The number of nitrogens with two attached hydrogens (primary N) is 1. The lowest BCUT2D eigenvalue weighted by molar-refractivity contribution is 0.865. The summed E-state index contributed by atoms with van der Waals surface area (Å²) in [6, 6.07) is 58.7. The third-order valence-electron chi connectivity index (χ3n) is 9.92. The van der Waals surface area contributed by atoms with Gasteiger partial charge in [0.25, 0.3) is 0 Å². The van der Waals surface area contributed by atoms with E-state index in [1.54, 1.807) is 0 Å². The number of rotatable bonds is 6. The zero-order chi connectivity index (χ0) is 32.0. The first-order valence-corrected chi connectivity index (χ1v) is 16.6. The summed E-state index contributed by atoms with van der Waals surface area (Å²) in [5.74, 6) is 0. The summed E-state index contributed by atoms with van der Waals surface area (Å²) in [6.45, 7) is 0.653. The fourth-order valence-corrected chi connectivity index (χ4v) is 7.57. The highest BCUT2D eigenvalue weighted by Crippen LogP contribution is 2.37. The van der Waals surface area contributed by atoms with E-state index in [4.69, 9.17) is 5.73 Å². The van der Waals surface area contributed by atoms with Gasteiger partial charge in [0.1, 0.15) is 0 Å². The Labute approximate surface area is 279 Å². The van der Waals surface area contributed by atoms with Gasteiger partial charge in [-0.25, -0.2) is 0 Å². The average molecular weight is 615 g/mol. The molecule has 2 heteroatoms. The molecule has 0 saturated heterocycles. The van der Waals surface area contributed by atoms with Gasteiger partial charge in [0.2, 0.25) is 0 Å². The van der Waals surface area contributed by atoms with Crippen molar-refractivity contribution in [3.05, 3.63) is 187 Å². The predicted molar refractivity (Wildman–Crippen MR) is 206 cm³/mol. The summed E-state index contributed by atoms with van der Waals surface area (Å²) in [4.78, 5) is 0. The molecule has 1 unspecified atom stereocenters. The van der Waals surface area contributed by atoms with Gasteiger partial charge in [-0.3, -0.25) is 0 Å². The van der Waals surface area contributed by atoms with Gasteiger partial charge in [0.05, 0.1) is 6.04 Å². The first kappa shape index (κ1) is 28.3. The van der Waals surface area contributed by atoms with E-state index in [0.717, 1.165) is 16.8 Å². The van der Waals surface area contributed by atoms with Crippen molar-refractivity contribution >= 4 is 70.3 Å². The van der Waals surface area contributed by atoms with Crippen LogP contribution in [0.4, 0.5) is 0 Å². The number of fused-ring (bicyclic) bond motifs is 10. The number of hydrogen-bond acceptors (Lipinski definition) is 2. The summed E-state index contributed by atoms with van der Waals surface area (Å²) in [5.41, 5.74) is 11.4. The second kappa shape index (κ2) is 11.7. The Bertz CT molecular complexity index is 2650. The molecule has 0 aliphatic heterocycles. The zero-order valence-electron chi connectivity index (χ0n) is 26.5. The second-order valence-electron chi connectivity index (χ2n) is 12.7. The van der Waals surface area contributed by atoms with Crippen LogP contribution in [0.5, 0.6) is 0 Å². The molecule has 0 radical (unpaired) electrons. The predicted octanol–water partition coefficient (Wildman–Crippen LogP) is 11.4. The third kappa shape index (κ3) is 4.78. The van der Waals surface area contributed by atoms with Gasteiger partial charge >= 0.3 is 0 Å². The number of hydrogen-bond donors (Lipinski definition) is 2. The Balaban J connectivity index is 1.23. The molecule has 2 nitrogen and oxygen atoms in total. The molecular weight excluding hydrogens is 581 g/mol. The molecule has 0 aliphatic carbocycles. The van der Waals surface area contributed by atoms with Gasteiger partial charge in [-0.2, -0.15) is 0 Å². The minimum atomic E-state index is -0.272. The SMILES string of the molecule is NC(/C=C(\NCc1c2ccccc2cc2c1ccc1ccccc12)c1ccc2c3ccccc3c3ccccc3c2c1)c1ccccc1. The summed E-state index contributed by atoms with van der Waals surface area (Å²) >= 11 is 0. The van der Waals surface area contributed by atoms with E-state index < -0.39 is 0 Å². The van der Waals surface area contributed by atoms with Crippen molar-refractivity contribution in [2.24, 2.45) is 5.73 Å². The van der Waals surface area contributed by atoms with Gasteiger partial charge in [0.15, 0.2) is 0 Å². The fraction of sp³-hybridized carbons (Fsp3) is 0.0435. The Morgan fingerprint density at radius 3 is 1.69 bits per heavy atom. The largest absolute Gasteiger partial charge is 0.381 e. The monoisotopic (exact) mass is 614 g/mol. The molecule has 0 bridgehead atoms. The quantitative estimate of drug-likeness (QED) is 0.144. The van der Waals surface area contributed by atoms with Gasteiger partial charge in [0, 0.05) is 12.2 Å². The lowest BCUT2D eigenvalue weighted by Gasteiger charge is -2.19. The first-order chi connectivity index (χ1) is 23.7. The summed E-state index contributed by atoms with van der Waals surface area (Å²) in [7, 11) is 0. The maximum Gasteiger partial charge on any atom is 0.0504 e. The van der Waals surface area contributed by atoms with E-state index in [1.807, 2.05) is 6.07 Å². The van der Waals surface area contributed by atoms with Crippen molar-refractivity contribution in [2.75, 3.05) is 0 Å². The molecule has 0 fully saturated rings. The first-order valence-electron chi connectivity index (χ1n) is 16.6. The Hall–Kier alpha value is -5.96. The molecule has 1 atom stereocenters. The van der Waals surface area contributed by atoms with Crippen LogP contribution in [0.3, 0.4) is 0 Å². The molecule has 3 N–H and O–H groups in total. The van der Waals surface area contributed by atoms with Gasteiger partial charge in [-0.15, -0.1) is 0 Å². The number of nitrogens with one attached hydrogen (secondary N) is 1.